The number of carboxylic acid groups (broad SMARTS) is 1. The van der Waals surface area contributed by atoms with Gasteiger partial charge in [0, 0.05) is 19.5 Å². The van der Waals surface area contributed by atoms with E-state index in [2.05, 4.69) is 0 Å². The first-order chi connectivity index (χ1) is 7.60. The van der Waals surface area contributed by atoms with Crippen LogP contribution in [0.3, 0.4) is 0 Å². The van der Waals surface area contributed by atoms with Gasteiger partial charge in [-0.25, -0.2) is 0 Å². The van der Waals surface area contributed by atoms with E-state index in [0.717, 1.165) is 13.0 Å². The number of rotatable bonds is 10. The summed E-state index contributed by atoms with van der Waals surface area (Å²) in [5.41, 5.74) is 0. The first kappa shape index (κ1) is 15.3. The maximum atomic E-state index is 10.3. The zero-order valence-corrected chi connectivity index (χ0v) is 9.93. The van der Waals surface area contributed by atoms with Gasteiger partial charge in [0.1, 0.15) is 0 Å². The van der Waals surface area contributed by atoms with Crippen LogP contribution >= 0.6 is 0 Å². The van der Waals surface area contributed by atoms with Crippen LogP contribution in [0.2, 0.25) is 0 Å². The van der Waals surface area contributed by atoms with Crippen molar-refractivity contribution >= 4 is 5.97 Å². The molecule has 0 spiro atoms. The normalized spacial score (nSPS) is 13.0. The molecule has 5 heteroatoms. The molecule has 0 saturated heterocycles. The highest BCUT2D eigenvalue weighted by Crippen LogP contribution is 2.05. The van der Waals surface area contributed by atoms with Crippen LogP contribution in [0.25, 0.3) is 0 Å². The summed E-state index contributed by atoms with van der Waals surface area (Å²) in [6.45, 7) is 3.99. The lowest BCUT2D eigenvalue weighted by Gasteiger charge is -2.22. The van der Waals surface area contributed by atoms with E-state index in [9.17, 15) is 9.90 Å². The minimum Gasteiger partial charge on any atom is -0.481 e. The van der Waals surface area contributed by atoms with Gasteiger partial charge in [0.2, 0.25) is 0 Å². The first-order valence-electron chi connectivity index (χ1n) is 5.83. The maximum absolute atomic E-state index is 10.3. The zero-order valence-electron chi connectivity index (χ0n) is 9.93. The summed E-state index contributed by atoms with van der Waals surface area (Å²) in [5, 5.41) is 26.9. The fourth-order valence-electron chi connectivity index (χ4n) is 1.57. The van der Waals surface area contributed by atoms with Crippen LogP contribution in [0.5, 0.6) is 0 Å². The highest BCUT2D eigenvalue weighted by atomic mass is 16.4. The molecule has 0 bridgehead atoms. The van der Waals surface area contributed by atoms with E-state index in [1.165, 1.54) is 0 Å². The average molecular weight is 233 g/mol. The molecule has 1 atom stereocenters. The molecule has 0 aliphatic rings. The molecule has 0 aromatic rings. The predicted octanol–water partition coefficient (Wildman–Crippen LogP) is 0.306. The van der Waals surface area contributed by atoms with E-state index in [1.54, 1.807) is 0 Å². The Morgan fingerprint density at radius 2 is 2.06 bits per heavy atom. The lowest BCUT2D eigenvalue weighted by molar-refractivity contribution is -0.137. The molecule has 0 aromatic carbocycles. The molecule has 3 N–H and O–H groups in total. The summed E-state index contributed by atoms with van der Waals surface area (Å²) in [7, 11) is 0. The van der Waals surface area contributed by atoms with Crippen molar-refractivity contribution in [2.45, 2.75) is 38.7 Å². The summed E-state index contributed by atoms with van der Waals surface area (Å²) < 4.78 is 0. The number of nitrogens with zero attached hydrogens (tertiary/aromatic N) is 1. The van der Waals surface area contributed by atoms with Crippen LogP contribution in [0, 0.1) is 0 Å². The lowest BCUT2D eigenvalue weighted by atomic mass is 10.1. The zero-order chi connectivity index (χ0) is 12.4. The number of carbonyl (C=O) groups is 1. The fourth-order valence-corrected chi connectivity index (χ4v) is 1.57. The quantitative estimate of drug-likeness (QED) is 0.473. The van der Waals surface area contributed by atoms with Gasteiger partial charge in [-0.05, 0) is 19.4 Å². The summed E-state index contributed by atoms with van der Waals surface area (Å²) >= 11 is 0. The summed E-state index contributed by atoms with van der Waals surface area (Å²) in [4.78, 5) is 12.2. The molecule has 0 radical (unpaired) electrons. The maximum Gasteiger partial charge on any atom is 0.303 e. The summed E-state index contributed by atoms with van der Waals surface area (Å²) in [5.74, 6) is -0.787. The van der Waals surface area contributed by atoms with E-state index in [4.69, 9.17) is 10.2 Å². The molecule has 0 fully saturated rings. The minimum atomic E-state index is -0.787. The third-order valence-corrected chi connectivity index (χ3v) is 2.51. The Hall–Kier alpha value is -0.650. The Balaban J connectivity index is 3.55. The molecule has 0 unspecified atom stereocenters. The summed E-state index contributed by atoms with van der Waals surface area (Å²) in [6.07, 6.45) is 1.69. The molecule has 16 heavy (non-hydrogen) atoms. The van der Waals surface area contributed by atoms with E-state index >= 15 is 0 Å². The van der Waals surface area contributed by atoms with Crippen LogP contribution in [0.4, 0.5) is 0 Å². The molecule has 0 amide bonds. The van der Waals surface area contributed by atoms with Gasteiger partial charge in [0.05, 0.1) is 12.7 Å². The number of aliphatic hydroxyl groups excluding tert-OH is 2. The second-order valence-corrected chi connectivity index (χ2v) is 3.91. The van der Waals surface area contributed by atoms with Crippen LogP contribution in [0.1, 0.15) is 32.6 Å². The van der Waals surface area contributed by atoms with Gasteiger partial charge in [-0.2, -0.15) is 0 Å². The monoisotopic (exact) mass is 233 g/mol. The molecule has 0 heterocycles. The van der Waals surface area contributed by atoms with Crippen LogP contribution in [-0.2, 0) is 4.79 Å². The van der Waals surface area contributed by atoms with E-state index in [-0.39, 0.29) is 13.0 Å². The Bertz CT molecular complexity index is 187. The van der Waals surface area contributed by atoms with Crippen molar-refractivity contribution in [1.29, 1.82) is 0 Å². The van der Waals surface area contributed by atoms with Gasteiger partial charge >= 0.3 is 5.97 Å². The molecule has 0 rings (SSSR count). The second-order valence-electron chi connectivity index (χ2n) is 3.91. The van der Waals surface area contributed by atoms with Crippen LogP contribution in [-0.4, -0.2) is 58.5 Å². The van der Waals surface area contributed by atoms with Crippen molar-refractivity contribution in [3.63, 3.8) is 0 Å². The molecular weight excluding hydrogens is 210 g/mol. The van der Waals surface area contributed by atoms with E-state index < -0.39 is 12.1 Å². The van der Waals surface area contributed by atoms with Gasteiger partial charge in [0.25, 0.3) is 0 Å². The number of unbranched alkanes of at least 4 members (excludes halogenated alkanes) is 1. The SMILES string of the molecule is CCN(CCO)C[C@@H](O)CCCCC(=O)O. The Morgan fingerprint density at radius 3 is 2.56 bits per heavy atom. The minimum absolute atomic E-state index is 0.0968. The molecular formula is C11H23NO4. The summed E-state index contributed by atoms with van der Waals surface area (Å²) in [6, 6.07) is 0. The molecule has 0 aliphatic carbocycles. The predicted molar refractivity (Wildman–Crippen MR) is 61.3 cm³/mol. The molecule has 0 aliphatic heterocycles. The van der Waals surface area contributed by atoms with Gasteiger partial charge in [-0.3, -0.25) is 9.69 Å². The number of carboxylic acids is 1. The second kappa shape index (κ2) is 9.57. The van der Waals surface area contributed by atoms with Crippen molar-refractivity contribution in [1.82, 2.24) is 4.90 Å². The number of likely N-dealkylation sites (N-methyl/N-ethyl adjacent to an activating group) is 1. The highest BCUT2D eigenvalue weighted by molar-refractivity contribution is 5.66. The molecule has 96 valence electrons. The topological polar surface area (TPSA) is 81.0 Å². The van der Waals surface area contributed by atoms with Gasteiger partial charge in [0.15, 0.2) is 0 Å². The number of aliphatic carboxylic acids is 1. The van der Waals surface area contributed by atoms with Crippen LogP contribution in [0.15, 0.2) is 0 Å². The molecule has 0 saturated carbocycles. The van der Waals surface area contributed by atoms with Gasteiger partial charge in [-0.1, -0.05) is 13.3 Å². The first-order valence-corrected chi connectivity index (χ1v) is 5.83. The number of hydrogen-bond donors (Lipinski definition) is 3. The van der Waals surface area contributed by atoms with E-state index in [1.807, 2.05) is 11.8 Å². The van der Waals surface area contributed by atoms with Gasteiger partial charge in [-0.15, -0.1) is 0 Å². The fraction of sp³-hybridized carbons (Fsp3) is 0.909. The smallest absolute Gasteiger partial charge is 0.303 e. The van der Waals surface area contributed by atoms with E-state index in [0.29, 0.717) is 25.9 Å². The standard InChI is InChI=1S/C11H23NO4/c1-2-12(7-8-13)9-10(14)5-3-4-6-11(15)16/h10,13-14H,2-9H2,1H3,(H,15,16)/t10-/m0/s1. The number of hydrogen-bond acceptors (Lipinski definition) is 4. The third-order valence-electron chi connectivity index (χ3n) is 2.51. The van der Waals surface area contributed by atoms with Gasteiger partial charge < -0.3 is 15.3 Å². The number of aliphatic hydroxyl groups is 2. The Morgan fingerprint density at radius 1 is 1.38 bits per heavy atom. The Labute approximate surface area is 96.7 Å². The van der Waals surface area contributed by atoms with Crippen molar-refractivity contribution in [3.8, 4) is 0 Å². The van der Waals surface area contributed by atoms with Crippen molar-refractivity contribution in [2.75, 3.05) is 26.2 Å². The average Bonchev–Trinajstić information content (AvgIpc) is 2.23. The van der Waals surface area contributed by atoms with Crippen molar-refractivity contribution in [2.24, 2.45) is 0 Å². The molecule has 5 nitrogen and oxygen atoms in total. The highest BCUT2D eigenvalue weighted by Gasteiger charge is 2.09. The largest absolute Gasteiger partial charge is 0.481 e. The van der Waals surface area contributed by atoms with Crippen LogP contribution < -0.4 is 0 Å². The third kappa shape index (κ3) is 8.64. The Kier molecular flexibility index (Phi) is 9.18. The van der Waals surface area contributed by atoms with Crippen molar-refractivity contribution < 1.29 is 20.1 Å². The molecule has 0 aromatic heterocycles. The lowest BCUT2D eigenvalue weighted by Crippen LogP contribution is -2.34. The van der Waals surface area contributed by atoms with Crippen molar-refractivity contribution in [3.05, 3.63) is 0 Å².